The number of morpholine rings is 1. The molecule has 1 aliphatic carbocycles. The first-order valence-electron chi connectivity index (χ1n) is 11.8. The van der Waals surface area contributed by atoms with Crippen LogP contribution < -0.4 is 5.32 Å². The zero-order valence-electron chi connectivity index (χ0n) is 18.9. The fourth-order valence-electron chi connectivity index (χ4n) is 4.56. The molecule has 1 aliphatic heterocycles. The lowest BCUT2D eigenvalue weighted by Crippen LogP contribution is -2.46. The molecule has 2 aliphatic rings. The van der Waals surface area contributed by atoms with E-state index in [0.717, 1.165) is 36.4 Å². The lowest BCUT2D eigenvalue weighted by Gasteiger charge is -2.38. The number of imidazole rings is 1. The lowest BCUT2D eigenvalue weighted by molar-refractivity contribution is -0.135. The van der Waals surface area contributed by atoms with Crippen molar-refractivity contribution in [1.82, 2.24) is 24.4 Å². The molecular formula is C26H28N6O2. The quantitative estimate of drug-likeness (QED) is 0.440. The van der Waals surface area contributed by atoms with Crippen LogP contribution in [0.25, 0.3) is 22.3 Å². The Morgan fingerprint density at radius 1 is 0.941 bits per heavy atom. The van der Waals surface area contributed by atoms with Crippen LogP contribution in [0.3, 0.4) is 0 Å². The summed E-state index contributed by atoms with van der Waals surface area (Å²) < 4.78 is 8.18. The van der Waals surface area contributed by atoms with Gasteiger partial charge in [0.25, 0.3) is 0 Å². The van der Waals surface area contributed by atoms with Gasteiger partial charge in [-0.15, -0.1) is 0 Å². The third-order valence-corrected chi connectivity index (χ3v) is 6.48. The topological polar surface area (TPSA) is 88.3 Å². The zero-order valence-corrected chi connectivity index (χ0v) is 18.9. The van der Waals surface area contributed by atoms with E-state index in [1.807, 2.05) is 10.6 Å². The van der Waals surface area contributed by atoms with Gasteiger partial charge in [0.2, 0.25) is 0 Å². The van der Waals surface area contributed by atoms with Gasteiger partial charge in [-0.2, -0.15) is 0 Å². The van der Waals surface area contributed by atoms with Gasteiger partial charge < -0.3 is 15.2 Å². The Labute approximate surface area is 198 Å². The van der Waals surface area contributed by atoms with Crippen LogP contribution in [0.5, 0.6) is 0 Å². The Morgan fingerprint density at radius 2 is 1.74 bits per heavy atom. The Morgan fingerprint density at radius 3 is 2.50 bits per heavy atom. The van der Waals surface area contributed by atoms with E-state index in [-0.39, 0.29) is 18.9 Å². The number of benzene rings is 2. The second-order valence-corrected chi connectivity index (χ2v) is 9.12. The van der Waals surface area contributed by atoms with Crippen molar-refractivity contribution in [2.45, 2.75) is 37.8 Å². The van der Waals surface area contributed by atoms with Crippen LogP contribution in [0, 0.1) is 0 Å². The molecule has 2 aromatic heterocycles. The van der Waals surface area contributed by atoms with E-state index in [1.54, 1.807) is 12.7 Å². The summed E-state index contributed by atoms with van der Waals surface area (Å²) in [7, 11) is 0. The second-order valence-electron chi connectivity index (χ2n) is 9.12. The molecule has 3 heterocycles. The van der Waals surface area contributed by atoms with E-state index in [1.165, 1.54) is 16.7 Å². The largest absolute Gasteiger partial charge is 0.394 e. The lowest BCUT2D eigenvalue weighted by atomic mass is 10.0. The molecule has 4 aromatic rings. The van der Waals surface area contributed by atoms with Crippen LogP contribution in [0.15, 0.2) is 67.3 Å². The van der Waals surface area contributed by atoms with Crippen molar-refractivity contribution in [2.75, 3.05) is 25.0 Å². The number of aliphatic hydroxyl groups excluding tert-OH is 1. The van der Waals surface area contributed by atoms with Gasteiger partial charge in [-0.3, -0.25) is 9.47 Å². The molecule has 2 aromatic carbocycles. The molecule has 6 rings (SSSR count). The van der Waals surface area contributed by atoms with E-state index in [0.29, 0.717) is 19.1 Å². The average molecular weight is 457 g/mol. The molecule has 1 saturated heterocycles. The van der Waals surface area contributed by atoms with E-state index in [4.69, 9.17) is 4.74 Å². The minimum Gasteiger partial charge on any atom is -0.394 e. The highest BCUT2D eigenvalue weighted by molar-refractivity contribution is 5.83. The maximum atomic E-state index is 9.90. The summed E-state index contributed by atoms with van der Waals surface area (Å²) in [5, 5.41) is 13.3. The summed E-state index contributed by atoms with van der Waals surface area (Å²) in [5.41, 5.74) is 5.15. The Kier molecular flexibility index (Phi) is 5.70. The highest BCUT2D eigenvalue weighted by Crippen LogP contribution is 2.30. The number of aliphatic hydroxyl groups is 1. The van der Waals surface area contributed by atoms with E-state index in [2.05, 4.69) is 73.7 Å². The van der Waals surface area contributed by atoms with Crippen LogP contribution >= 0.6 is 0 Å². The molecule has 0 radical (unpaired) electrons. The van der Waals surface area contributed by atoms with Gasteiger partial charge in [0.15, 0.2) is 17.0 Å². The summed E-state index contributed by atoms with van der Waals surface area (Å²) in [6.45, 7) is 2.10. The van der Waals surface area contributed by atoms with Crippen LogP contribution in [0.1, 0.15) is 24.6 Å². The molecule has 1 saturated carbocycles. The highest BCUT2D eigenvalue weighted by Gasteiger charge is 2.30. The maximum Gasteiger partial charge on any atom is 0.167 e. The molecule has 2 atom stereocenters. The smallest absolute Gasteiger partial charge is 0.167 e. The van der Waals surface area contributed by atoms with Crippen molar-refractivity contribution >= 4 is 17.0 Å². The third kappa shape index (κ3) is 4.40. The number of rotatable bonds is 7. The van der Waals surface area contributed by atoms with Crippen molar-refractivity contribution in [2.24, 2.45) is 0 Å². The minimum atomic E-state index is -0.289. The van der Waals surface area contributed by atoms with Gasteiger partial charge in [0.1, 0.15) is 12.6 Å². The van der Waals surface area contributed by atoms with Crippen LogP contribution in [-0.2, 0) is 11.3 Å². The molecule has 8 nitrogen and oxygen atoms in total. The summed E-state index contributed by atoms with van der Waals surface area (Å²) in [4.78, 5) is 15.8. The molecule has 34 heavy (non-hydrogen) atoms. The van der Waals surface area contributed by atoms with Crippen LogP contribution in [-0.4, -0.2) is 61.4 Å². The number of fused-ring (bicyclic) bond motifs is 1. The van der Waals surface area contributed by atoms with Gasteiger partial charge in [-0.05, 0) is 29.5 Å². The monoisotopic (exact) mass is 456 g/mol. The average Bonchev–Trinajstić information content (AvgIpc) is 3.59. The van der Waals surface area contributed by atoms with Crippen molar-refractivity contribution in [3.63, 3.8) is 0 Å². The van der Waals surface area contributed by atoms with Gasteiger partial charge >= 0.3 is 0 Å². The van der Waals surface area contributed by atoms with Gasteiger partial charge in [-0.25, -0.2) is 15.0 Å². The minimum absolute atomic E-state index is 0.0317. The molecule has 8 heteroatoms. The van der Waals surface area contributed by atoms with Gasteiger partial charge in [-0.1, -0.05) is 54.6 Å². The van der Waals surface area contributed by atoms with Crippen LogP contribution in [0.4, 0.5) is 5.82 Å². The van der Waals surface area contributed by atoms with Crippen molar-refractivity contribution in [1.29, 1.82) is 0 Å². The first-order chi connectivity index (χ1) is 16.8. The van der Waals surface area contributed by atoms with Crippen molar-refractivity contribution in [3.8, 4) is 11.1 Å². The molecule has 0 amide bonds. The number of aromatic nitrogens is 4. The molecule has 0 bridgehead atoms. The Balaban J connectivity index is 1.21. The van der Waals surface area contributed by atoms with E-state index < -0.39 is 0 Å². The van der Waals surface area contributed by atoms with E-state index >= 15 is 0 Å². The number of hydrogen-bond acceptors (Lipinski definition) is 7. The summed E-state index contributed by atoms with van der Waals surface area (Å²) >= 11 is 0. The number of hydrogen-bond donors (Lipinski definition) is 2. The molecule has 174 valence electrons. The Hall–Kier alpha value is -3.33. The number of nitrogens with one attached hydrogen (secondary N) is 1. The first kappa shape index (κ1) is 21.2. The predicted molar refractivity (Wildman–Crippen MR) is 130 cm³/mol. The second kappa shape index (κ2) is 9.13. The predicted octanol–water partition coefficient (Wildman–Crippen LogP) is 3.46. The molecule has 2 N–H and O–H groups in total. The third-order valence-electron chi connectivity index (χ3n) is 6.48. The molecule has 2 fully saturated rings. The first-order valence-corrected chi connectivity index (χ1v) is 11.8. The Bertz CT molecular complexity index is 1260. The SMILES string of the molecule is OC[C@@H]1CN(Cc2ccc(-c3ccccc3)cc2)C[C@H](n2cnc3c(NC4CC4)ncnc32)O1. The van der Waals surface area contributed by atoms with Gasteiger partial charge in [0, 0.05) is 25.7 Å². The molecule has 0 spiro atoms. The van der Waals surface area contributed by atoms with Crippen molar-refractivity contribution in [3.05, 3.63) is 72.8 Å². The summed E-state index contributed by atoms with van der Waals surface area (Å²) in [5.74, 6) is 0.774. The fraction of sp³-hybridized carbons (Fsp3) is 0.346. The van der Waals surface area contributed by atoms with Crippen molar-refractivity contribution < 1.29 is 9.84 Å². The summed E-state index contributed by atoms with van der Waals surface area (Å²) in [6, 6.07) is 19.6. The number of nitrogens with zero attached hydrogens (tertiary/aromatic N) is 5. The van der Waals surface area contributed by atoms with Gasteiger partial charge in [0.05, 0.1) is 19.0 Å². The molecular weight excluding hydrogens is 428 g/mol. The zero-order chi connectivity index (χ0) is 22.9. The normalized spacial score (nSPS) is 21.1. The maximum absolute atomic E-state index is 9.90. The molecule has 0 unspecified atom stereocenters. The standard InChI is InChI=1S/C26H28N6O2/c33-15-22-13-31(12-18-6-8-20(9-7-18)19-4-2-1-3-5-19)14-23(34-22)32-17-29-24-25(30-21-10-11-21)27-16-28-26(24)32/h1-9,16-17,21-23,33H,10-15H2,(H,27,28,30)/t22-,23+/m0/s1. The summed E-state index contributed by atoms with van der Waals surface area (Å²) in [6.07, 6.45) is 5.11. The van der Waals surface area contributed by atoms with E-state index in [9.17, 15) is 5.11 Å². The number of anilines is 1. The fourth-order valence-corrected chi connectivity index (χ4v) is 4.56. The highest BCUT2D eigenvalue weighted by atomic mass is 16.5. The number of ether oxygens (including phenoxy) is 1. The van der Waals surface area contributed by atoms with Crippen LogP contribution in [0.2, 0.25) is 0 Å².